The van der Waals surface area contributed by atoms with Crippen molar-refractivity contribution in [3.8, 4) is 0 Å². The summed E-state index contributed by atoms with van der Waals surface area (Å²) in [5, 5.41) is 3.40. The molecular formula is C16H30N2O. The van der Waals surface area contributed by atoms with Gasteiger partial charge in [0.25, 0.3) is 0 Å². The highest BCUT2D eigenvalue weighted by molar-refractivity contribution is 5.81. The first-order valence-corrected chi connectivity index (χ1v) is 8.06. The lowest BCUT2D eigenvalue weighted by Crippen LogP contribution is -2.49. The summed E-state index contributed by atoms with van der Waals surface area (Å²) < 4.78 is 0. The van der Waals surface area contributed by atoms with Gasteiger partial charge in [-0.15, -0.1) is 0 Å². The number of hydrogen-bond acceptors (Lipinski definition) is 2. The Morgan fingerprint density at radius 2 is 1.79 bits per heavy atom. The first kappa shape index (κ1) is 14.8. The van der Waals surface area contributed by atoms with Crippen LogP contribution in [-0.4, -0.2) is 37.5 Å². The molecule has 1 saturated carbocycles. The van der Waals surface area contributed by atoms with Crippen LogP contribution in [0.1, 0.15) is 51.9 Å². The number of rotatable bonds is 3. The van der Waals surface area contributed by atoms with Crippen LogP contribution in [0.25, 0.3) is 0 Å². The number of piperidine rings is 1. The van der Waals surface area contributed by atoms with Gasteiger partial charge in [-0.05, 0) is 50.0 Å². The van der Waals surface area contributed by atoms with E-state index in [-0.39, 0.29) is 11.9 Å². The van der Waals surface area contributed by atoms with Crippen LogP contribution in [0.15, 0.2) is 0 Å². The molecule has 1 aliphatic carbocycles. The van der Waals surface area contributed by atoms with E-state index >= 15 is 0 Å². The normalized spacial score (nSPS) is 35.9. The fourth-order valence-corrected chi connectivity index (χ4v) is 3.94. The Kier molecular flexibility index (Phi) is 5.26. The first-order valence-electron chi connectivity index (χ1n) is 8.06. The van der Waals surface area contributed by atoms with Crippen LogP contribution in [0.2, 0.25) is 0 Å². The molecule has 1 N–H and O–H groups in total. The molecule has 1 saturated heterocycles. The van der Waals surface area contributed by atoms with Gasteiger partial charge in [-0.1, -0.05) is 26.2 Å². The van der Waals surface area contributed by atoms with Crippen LogP contribution < -0.4 is 5.32 Å². The predicted octanol–water partition coefficient (Wildman–Crippen LogP) is 2.66. The molecule has 1 heterocycles. The molecule has 2 rings (SSSR count). The van der Waals surface area contributed by atoms with Gasteiger partial charge in [0, 0.05) is 14.1 Å². The van der Waals surface area contributed by atoms with Gasteiger partial charge < -0.3 is 10.2 Å². The van der Waals surface area contributed by atoms with Gasteiger partial charge in [0.05, 0.1) is 6.04 Å². The van der Waals surface area contributed by atoms with E-state index in [9.17, 15) is 4.79 Å². The highest BCUT2D eigenvalue weighted by Crippen LogP contribution is 2.38. The van der Waals surface area contributed by atoms with E-state index in [1.165, 1.54) is 38.5 Å². The molecule has 2 aliphatic rings. The minimum absolute atomic E-state index is 0.0673. The first-order chi connectivity index (χ1) is 9.11. The number of carbonyl (C=O) groups is 1. The maximum atomic E-state index is 12.1. The van der Waals surface area contributed by atoms with Crippen molar-refractivity contribution in [1.82, 2.24) is 10.2 Å². The van der Waals surface area contributed by atoms with E-state index in [0.29, 0.717) is 0 Å². The fraction of sp³-hybridized carbons (Fsp3) is 0.938. The molecule has 0 aromatic heterocycles. The van der Waals surface area contributed by atoms with Crippen LogP contribution >= 0.6 is 0 Å². The zero-order chi connectivity index (χ0) is 13.8. The summed E-state index contributed by atoms with van der Waals surface area (Å²) in [4.78, 5) is 13.8. The molecular weight excluding hydrogens is 236 g/mol. The van der Waals surface area contributed by atoms with Crippen molar-refractivity contribution < 1.29 is 4.79 Å². The Labute approximate surface area is 118 Å². The molecule has 3 nitrogen and oxygen atoms in total. The molecule has 0 radical (unpaired) electrons. The Balaban J connectivity index is 1.86. The Morgan fingerprint density at radius 3 is 2.37 bits per heavy atom. The standard InChI is InChI=1S/C16H30N2O/c1-4-12-5-7-13(8-6-12)14-9-10-17-15(11-14)16(19)18(2)3/h12-15,17H,4-11H2,1-3H3. The van der Waals surface area contributed by atoms with Gasteiger partial charge in [0.2, 0.25) is 5.91 Å². The predicted molar refractivity (Wildman–Crippen MR) is 78.9 cm³/mol. The number of hydrogen-bond donors (Lipinski definition) is 1. The van der Waals surface area contributed by atoms with Crippen LogP contribution in [0, 0.1) is 17.8 Å². The van der Waals surface area contributed by atoms with Crippen molar-refractivity contribution in [2.24, 2.45) is 17.8 Å². The molecule has 3 heteroatoms. The number of carbonyl (C=O) groups excluding carboxylic acids is 1. The lowest BCUT2D eigenvalue weighted by molar-refractivity contribution is -0.132. The highest BCUT2D eigenvalue weighted by atomic mass is 16.2. The zero-order valence-corrected chi connectivity index (χ0v) is 12.8. The summed E-state index contributed by atoms with van der Waals surface area (Å²) in [6, 6.07) is 0.0673. The summed E-state index contributed by atoms with van der Waals surface area (Å²) >= 11 is 0. The van der Waals surface area contributed by atoms with E-state index in [1.807, 2.05) is 14.1 Å². The monoisotopic (exact) mass is 266 g/mol. The fourth-order valence-electron chi connectivity index (χ4n) is 3.94. The van der Waals surface area contributed by atoms with Gasteiger partial charge in [0.1, 0.15) is 0 Å². The summed E-state index contributed by atoms with van der Waals surface area (Å²) in [5.74, 6) is 2.87. The molecule has 2 atom stereocenters. The van der Waals surface area contributed by atoms with E-state index in [4.69, 9.17) is 0 Å². The molecule has 2 fully saturated rings. The van der Waals surface area contributed by atoms with Crippen molar-refractivity contribution in [2.75, 3.05) is 20.6 Å². The number of likely N-dealkylation sites (N-methyl/N-ethyl adjacent to an activating group) is 1. The minimum atomic E-state index is 0.0673. The van der Waals surface area contributed by atoms with Crippen molar-refractivity contribution in [3.63, 3.8) is 0 Å². The van der Waals surface area contributed by atoms with Gasteiger partial charge in [-0.3, -0.25) is 4.79 Å². The molecule has 19 heavy (non-hydrogen) atoms. The van der Waals surface area contributed by atoms with E-state index < -0.39 is 0 Å². The van der Waals surface area contributed by atoms with Crippen molar-refractivity contribution >= 4 is 5.91 Å². The molecule has 2 unspecified atom stereocenters. The van der Waals surface area contributed by atoms with Crippen molar-refractivity contribution in [3.05, 3.63) is 0 Å². The topological polar surface area (TPSA) is 32.3 Å². The SMILES string of the molecule is CCC1CCC(C2CCNC(C(=O)N(C)C)C2)CC1. The summed E-state index contributed by atoms with van der Waals surface area (Å²) in [6.07, 6.45) is 9.28. The molecule has 0 bridgehead atoms. The van der Waals surface area contributed by atoms with Gasteiger partial charge in [-0.25, -0.2) is 0 Å². The number of amides is 1. The molecule has 0 aromatic carbocycles. The van der Waals surface area contributed by atoms with Crippen LogP contribution in [0.5, 0.6) is 0 Å². The maximum absolute atomic E-state index is 12.1. The Morgan fingerprint density at radius 1 is 1.11 bits per heavy atom. The molecule has 1 amide bonds. The van der Waals surface area contributed by atoms with E-state index in [1.54, 1.807) is 4.90 Å². The van der Waals surface area contributed by atoms with Crippen molar-refractivity contribution in [1.29, 1.82) is 0 Å². The molecule has 110 valence electrons. The largest absolute Gasteiger partial charge is 0.347 e. The van der Waals surface area contributed by atoms with Gasteiger partial charge in [0.15, 0.2) is 0 Å². The van der Waals surface area contributed by atoms with Crippen molar-refractivity contribution in [2.45, 2.75) is 57.9 Å². The summed E-state index contributed by atoms with van der Waals surface area (Å²) in [6.45, 7) is 3.34. The quantitative estimate of drug-likeness (QED) is 0.852. The van der Waals surface area contributed by atoms with E-state index in [0.717, 1.165) is 30.7 Å². The second-order valence-corrected chi connectivity index (χ2v) is 6.71. The second kappa shape index (κ2) is 6.74. The average molecular weight is 266 g/mol. The minimum Gasteiger partial charge on any atom is -0.347 e. The number of nitrogens with zero attached hydrogens (tertiary/aromatic N) is 1. The Hall–Kier alpha value is -0.570. The summed E-state index contributed by atoms with van der Waals surface area (Å²) in [7, 11) is 3.72. The number of nitrogens with one attached hydrogen (secondary N) is 1. The smallest absolute Gasteiger partial charge is 0.239 e. The molecule has 0 aromatic rings. The van der Waals surface area contributed by atoms with E-state index in [2.05, 4.69) is 12.2 Å². The second-order valence-electron chi connectivity index (χ2n) is 6.71. The Bertz CT molecular complexity index is 295. The van der Waals surface area contributed by atoms with Gasteiger partial charge in [-0.2, -0.15) is 0 Å². The van der Waals surface area contributed by atoms with Gasteiger partial charge >= 0.3 is 0 Å². The third-order valence-corrected chi connectivity index (χ3v) is 5.32. The third-order valence-electron chi connectivity index (χ3n) is 5.32. The molecule has 0 spiro atoms. The van der Waals surface area contributed by atoms with Crippen LogP contribution in [-0.2, 0) is 4.79 Å². The summed E-state index contributed by atoms with van der Waals surface area (Å²) in [5.41, 5.74) is 0. The lowest BCUT2D eigenvalue weighted by atomic mass is 9.71. The zero-order valence-electron chi connectivity index (χ0n) is 12.8. The lowest BCUT2D eigenvalue weighted by Gasteiger charge is -2.38. The van der Waals surface area contributed by atoms with Crippen LogP contribution in [0.3, 0.4) is 0 Å². The maximum Gasteiger partial charge on any atom is 0.239 e. The van der Waals surface area contributed by atoms with Crippen LogP contribution in [0.4, 0.5) is 0 Å². The highest BCUT2D eigenvalue weighted by Gasteiger charge is 2.33. The molecule has 1 aliphatic heterocycles. The average Bonchev–Trinajstić information content (AvgIpc) is 2.46. The third kappa shape index (κ3) is 3.71.